The molecule has 0 saturated heterocycles. The molecule has 0 radical (unpaired) electrons. The van der Waals surface area contributed by atoms with E-state index in [-0.39, 0.29) is 6.61 Å². The number of benzene rings is 2. The van der Waals surface area contributed by atoms with Crippen molar-refractivity contribution in [3.05, 3.63) is 53.1 Å². The highest BCUT2D eigenvalue weighted by Crippen LogP contribution is 2.30. The Morgan fingerprint density at radius 2 is 1.85 bits per heavy atom. The van der Waals surface area contributed by atoms with Gasteiger partial charge in [0.15, 0.2) is 0 Å². The minimum absolute atomic E-state index is 0.248. The largest absolute Gasteiger partial charge is 0.450 e. The van der Waals surface area contributed by atoms with Gasteiger partial charge in [0.2, 0.25) is 0 Å². The Morgan fingerprint density at radius 1 is 1.19 bits per heavy atom. The summed E-state index contributed by atoms with van der Waals surface area (Å²) in [5.74, 6) is 0. The van der Waals surface area contributed by atoms with Gasteiger partial charge in [-0.05, 0) is 49.2 Å². The second-order valence-corrected chi connectivity index (χ2v) is 5.65. The molecule has 26 heavy (non-hydrogen) atoms. The fourth-order valence-electron chi connectivity index (χ4n) is 2.37. The highest BCUT2D eigenvalue weighted by molar-refractivity contribution is 5.91. The number of amides is 1. The van der Waals surface area contributed by atoms with E-state index in [1.165, 1.54) is 12.1 Å². The molecule has 1 amide bonds. The lowest BCUT2D eigenvalue weighted by atomic mass is 10.1. The third-order valence-corrected chi connectivity index (χ3v) is 3.65. The monoisotopic (exact) mass is 367 g/mol. The maximum atomic E-state index is 12.6. The molecule has 0 heterocycles. The lowest BCUT2D eigenvalue weighted by molar-refractivity contribution is -0.137. The van der Waals surface area contributed by atoms with E-state index in [9.17, 15) is 18.0 Å². The van der Waals surface area contributed by atoms with Crippen LogP contribution in [0.3, 0.4) is 0 Å². The number of halogens is 3. The highest BCUT2D eigenvalue weighted by Gasteiger charge is 2.29. The Labute approximate surface area is 149 Å². The number of nitrogens with one attached hydrogen (secondary N) is 2. The molecule has 0 aliphatic carbocycles. The molecule has 0 unspecified atom stereocenters. The molecule has 5 nitrogen and oxygen atoms in total. The van der Waals surface area contributed by atoms with Gasteiger partial charge in [-0.2, -0.15) is 13.2 Å². The van der Waals surface area contributed by atoms with E-state index in [0.717, 1.165) is 17.7 Å². The number of anilines is 3. The standard InChI is InChI=1S/C18H20F3N3O2/c1-3-26-17(25)24-16-11(2)8-14(9-15(16)22)23-10-12-4-6-13(7-5-12)18(19,20)21/h4-9,23H,3,10,22H2,1-2H3,(H,24,25). The Bertz CT molecular complexity index is 751. The Balaban J connectivity index is 2.05. The zero-order chi connectivity index (χ0) is 19.3. The summed E-state index contributed by atoms with van der Waals surface area (Å²) in [4.78, 5) is 11.5. The first kappa shape index (κ1) is 19.4. The predicted octanol–water partition coefficient (Wildman–Crippen LogP) is 4.78. The highest BCUT2D eigenvalue weighted by atomic mass is 19.4. The first-order valence-corrected chi connectivity index (χ1v) is 7.94. The molecule has 0 atom stereocenters. The number of carbonyl (C=O) groups excluding carboxylic acids is 1. The number of ether oxygens (including phenoxy) is 1. The van der Waals surface area contributed by atoms with Gasteiger partial charge in [0, 0.05) is 12.2 Å². The average molecular weight is 367 g/mol. The summed E-state index contributed by atoms with van der Waals surface area (Å²) in [6.45, 7) is 4.06. The second kappa shape index (κ2) is 7.99. The van der Waals surface area contributed by atoms with Crippen LogP contribution < -0.4 is 16.4 Å². The van der Waals surface area contributed by atoms with E-state index in [2.05, 4.69) is 10.6 Å². The van der Waals surface area contributed by atoms with Gasteiger partial charge < -0.3 is 15.8 Å². The molecule has 0 aliphatic heterocycles. The van der Waals surface area contributed by atoms with Gasteiger partial charge >= 0.3 is 12.3 Å². The summed E-state index contributed by atoms with van der Waals surface area (Å²) >= 11 is 0. The van der Waals surface area contributed by atoms with Crippen molar-refractivity contribution in [1.82, 2.24) is 0 Å². The van der Waals surface area contributed by atoms with Crippen molar-refractivity contribution in [3.8, 4) is 0 Å². The van der Waals surface area contributed by atoms with E-state index < -0.39 is 17.8 Å². The molecule has 2 rings (SSSR count). The quantitative estimate of drug-likeness (QED) is 0.665. The molecular formula is C18H20F3N3O2. The fraction of sp³-hybridized carbons (Fsp3) is 0.278. The maximum Gasteiger partial charge on any atom is 0.416 e. The van der Waals surface area contributed by atoms with Crippen LogP contribution in [-0.4, -0.2) is 12.7 Å². The summed E-state index contributed by atoms with van der Waals surface area (Å²) < 4.78 is 42.5. The Morgan fingerprint density at radius 3 is 2.38 bits per heavy atom. The third kappa shape index (κ3) is 5.05. The summed E-state index contributed by atoms with van der Waals surface area (Å²) in [7, 11) is 0. The van der Waals surface area contributed by atoms with Crippen LogP contribution in [0.25, 0.3) is 0 Å². The summed E-state index contributed by atoms with van der Waals surface area (Å²) in [5, 5.41) is 5.68. The van der Waals surface area contributed by atoms with Gasteiger partial charge in [-0.15, -0.1) is 0 Å². The number of alkyl halides is 3. The topological polar surface area (TPSA) is 76.4 Å². The van der Waals surface area contributed by atoms with Gasteiger partial charge in [-0.1, -0.05) is 12.1 Å². The number of nitrogen functional groups attached to an aromatic ring is 1. The van der Waals surface area contributed by atoms with Crippen molar-refractivity contribution in [2.75, 3.05) is 23.0 Å². The van der Waals surface area contributed by atoms with Crippen molar-refractivity contribution in [2.24, 2.45) is 0 Å². The van der Waals surface area contributed by atoms with Gasteiger partial charge in [0.05, 0.1) is 23.5 Å². The van der Waals surface area contributed by atoms with Crippen LogP contribution in [0.2, 0.25) is 0 Å². The number of aryl methyl sites for hydroxylation is 1. The minimum atomic E-state index is -4.35. The first-order chi connectivity index (χ1) is 12.2. The van der Waals surface area contributed by atoms with Crippen molar-refractivity contribution < 1.29 is 22.7 Å². The molecule has 0 fully saturated rings. The molecule has 2 aromatic rings. The van der Waals surface area contributed by atoms with Crippen molar-refractivity contribution in [2.45, 2.75) is 26.6 Å². The fourth-order valence-corrected chi connectivity index (χ4v) is 2.37. The molecule has 0 bridgehead atoms. The van der Waals surface area contributed by atoms with E-state index in [1.807, 2.05) is 0 Å². The number of carbonyl (C=O) groups is 1. The summed E-state index contributed by atoms with van der Waals surface area (Å²) in [6.07, 6.45) is -4.94. The lowest BCUT2D eigenvalue weighted by Crippen LogP contribution is -2.15. The van der Waals surface area contributed by atoms with Crippen molar-refractivity contribution in [3.63, 3.8) is 0 Å². The molecule has 0 spiro atoms. The summed E-state index contributed by atoms with van der Waals surface area (Å²) in [6, 6.07) is 8.35. The smallest absolute Gasteiger partial charge is 0.416 e. The number of rotatable bonds is 5. The predicted molar refractivity (Wildman–Crippen MR) is 95.0 cm³/mol. The zero-order valence-electron chi connectivity index (χ0n) is 14.4. The van der Waals surface area contributed by atoms with E-state index in [4.69, 9.17) is 10.5 Å². The maximum absolute atomic E-state index is 12.6. The summed E-state index contributed by atoms with van der Waals surface area (Å²) in [5.41, 5.74) is 8.22. The molecule has 0 aliphatic rings. The SMILES string of the molecule is CCOC(=O)Nc1c(C)cc(NCc2ccc(C(F)(F)F)cc2)cc1N. The molecular weight excluding hydrogens is 347 g/mol. The van der Waals surface area contributed by atoms with E-state index >= 15 is 0 Å². The molecule has 2 aromatic carbocycles. The van der Waals surface area contributed by atoms with Crippen molar-refractivity contribution in [1.29, 1.82) is 0 Å². The van der Waals surface area contributed by atoms with Crippen LogP contribution in [0.5, 0.6) is 0 Å². The normalized spacial score (nSPS) is 11.1. The van der Waals surface area contributed by atoms with Crippen LogP contribution in [0.15, 0.2) is 36.4 Å². The van der Waals surface area contributed by atoms with Gasteiger partial charge in [0.1, 0.15) is 0 Å². The molecule has 140 valence electrons. The first-order valence-electron chi connectivity index (χ1n) is 7.94. The van der Waals surface area contributed by atoms with E-state index in [0.29, 0.717) is 29.2 Å². The van der Waals surface area contributed by atoms with Crippen LogP contribution >= 0.6 is 0 Å². The van der Waals surface area contributed by atoms with E-state index in [1.54, 1.807) is 26.0 Å². The molecule has 4 N–H and O–H groups in total. The van der Waals surface area contributed by atoms with Crippen LogP contribution in [-0.2, 0) is 17.5 Å². The number of nitrogens with two attached hydrogens (primary N) is 1. The van der Waals surface area contributed by atoms with Crippen LogP contribution in [0.4, 0.5) is 35.0 Å². The molecule has 0 saturated carbocycles. The average Bonchev–Trinajstić information content (AvgIpc) is 2.56. The van der Waals surface area contributed by atoms with Crippen LogP contribution in [0, 0.1) is 6.92 Å². The number of hydrogen-bond donors (Lipinski definition) is 3. The van der Waals surface area contributed by atoms with Gasteiger partial charge in [0.25, 0.3) is 0 Å². The Hall–Kier alpha value is -2.90. The second-order valence-electron chi connectivity index (χ2n) is 5.65. The third-order valence-electron chi connectivity index (χ3n) is 3.65. The molecule has 8 heteroatoms. The van der Waals surface area contributed by atoms with Crippen LogP contribution in [0.1, 0.15) is 23.6 Å². The lowest BCUT2D eigenvalue weighted by Gasteiger charge is -2.15. The van der Waals surface area contributed by atoms with Crippen molar-refractivity contribution >= 4 is 23.2 Å². The van der Waals surface area contributed by atoms with Gasteiger partial charge in [-0.25, -0.2) is 4.79 Å². The molecule has 0 aromatic heterocycles. The minimum Gasteiger partial charge on any atom is -0.450 e. The zero-order valence-corrected chi connectivity index (χ0v) is 14.4. The van der Waals surface area contributed by atoms with Gasteiger partial charge in [-0.3, -0.25) is 5.32 Å². The number of hydrogen-bond acceptors (Lipinski definition) is 4. The Kier molecular flexibility index (Phi) is 5.97.